The van der Waals surface area contributed by atoms with E-state index in [2.05, 4.69) is 5.32 Å². The smallest absolute Gasteiger partial charge is 0.408 e. The van der Waals surface area contributed by atoms with Crippen LogP contribution in [0.1, 0.15) is 81.6 Å². The lowest BCUT2D eigenvalue weighted by Crippen LogP contribution is -2.66. The lowest BCUT2D eigenvalue weighted by molar-refractivity contribution is -0.216. The maximum absolute atomic E-state index is 13.5. The number of alkyl carbamates (subject to hydrolysis) is 1. The number of carbonyl (C=O) groups excluding carboxylic acids is 5. The van der Waals surface area contributed by atoms with Crippen molar-refractivity contribution >= 4 is 47.7 Å². The van der Waals surface area contributed by atoms with Crippen LogP contribution in [-0.4, -0.2) is 82.0 Å². The van der Waals surface area contributed by atoms with Crippen LogP contribution in [0.4, 0.5) is 4.79 Å². The monoisotopic (exact) mass is 749 g/mol. The first-order valence-electron chi connectivity index (χ1n) is 16.6. The van der Waals surface area contributed by atoms with Crippen molar-refractivity contribution in [2.45, 2.75) is 127 Å². The van der Waals surface area contributed by atoms with Crippen molar-refractivity contribution in [2.24, 2.45) is 0 Å². The van der Waals surface area contributed by atoms with Gasteiger partial charge in [0, 0.05) is 40.4 Å². The Labute approximate surface area is 309 Å². The van der Waals surface area contributed by atoms with Crippen LogP contribution in [0.25, 0.3) is 0 Å². The quantitative estimate of drug-likeness (QED) is 0.184. The number of esters is 4. The first-order valence-corrected chi connectivity index (χ1v) is 17.5. The molecule has 3 unspecified atom stereocenters. The van der Waals surface area contributed by atoms with E-state index >= 15 is 0 Å². The largest absolute Gasteiger partial charge is 0.481 e. The van der Waals surface area contributed by atoms with Crippen LogP contribution in [0.2, 0.25) is 0 Å². The molecule has 0 aromatic heterocycles. The van der Waals surface area contributed by atoms with Gasteiger partial charge in [-0.2, -0.15) is 0 Å². The molecule has 2 aromatic carbocycles. The van der Waals surface area contributed by atoms with Gasteiger partial charge >= 0.3 is 30.0 Å². The number of hydrogen-bond acceptors (Lipinski definition) is 13. The average molecular weight is 750 g/mol. The molecule has 52 heavy (non-hydrogen) atoms. The molecule has 0 bridgehead atoms. The van der Waals surface area contributed by atoms with Crippen molar-refractivity contribution < 1.29 is 63.7 Å². The summed E-state index contributed by atoms with van der Waals surface area (Å²) in [6.07, 6.45) is -5.89. The van der Waals surface area contributed by atoms with Gasteiger partial charge in [0.05, 0.1) is 12.5 Å². The van der Waals surface area contributed by atoms with E-state index in [4.69, 9.17) is 38.3 Å². The topological polar surface area (TPSA) is 190 Å². The number of hydrogen-bond donors (Lipinski definition) is 2. The second kappa shape index (κ2) is 20.4. The zero-order valence-electron chi connectivity index (χ0n) is 30.7. The summed E-state index contributed by atoms with van der Waals surface area (Å²) >= 11 is 1.19. The molecule has 2 aromatic rings. The third-order valence-corrected chi connectivity index (χ3v) is 8.32. The highest BCUT2D eigenvalue weighted by molar-refractivity contribution is 8.00. The second-order valence-electron chi connectivity index (χ2n) is 12.9. The predicted octanol–water partition coefficient (Wildman–Crippen LogP) is 5.83. The Bertz CT molecular complexity index is 1500. The highest BCUT2D eigenvalue weighted by atomic mass is 32.2. The molecule has 0 aliphatic carbocycles. The first kappa shape index (κ1) is 43.5. The zero-order chi connectivity index (χ0) is 39.1. The van der Waals surface area contributed by atoms with E-state index in [1.807, 2.05) is 60.7 Å². The van der Waals surface area contributed by atoms with Gasteiger partial charge in [0.2, 0.25) is 0 Å². The fourth-order valence-corrected chi connectivity index (χ4v) is 6.62. The summed E-state index contributed by atoms with van der Waals surface area (Å²) in [6, 6.07) is 17.1. The number of amides is 1. The minimum atomic E-state index is -1.49. The van der Waals surface area contributed by atoms with E-state index in [0.717, 1.165) is 12.5 Å². The van der Waals surface area contributed by atoms with Crippen LogP contribution in [-0.2, 0) is 59.0 Å². The molecule has 0 saturated carbocycles. The molecule has 15 heteroatoms. The Balaban J connectivity index is 0.00000267. The van der Waals surface area contributed by atoms with Crippen molar-refractivity contribution in [2.75, 3.05) is 0 Å². The number of benzene rings is 2. The van der Waals surface area contributed by atoms with E-state index in [1.165, 1.54) is 32.5 Å². The lowest BCUT2D eigenvalue weighted by atomic mass is 9.88. The van der Waals surface area contributed by atoms with Gasteiger partial charge in [0.1, 0.15) is 35.5 Å². The van der Waals surface area contributed by atoms with Gasteiger partial charge in [-0.3, -0.25) is 24.0 Å². The van der Waals surface area contributed by atoms with Gasteiger partial charge in [0.25, 0.3) is 5.97 Å². The molecule has 14 nitrogen and oxygen atoms in total. The van der Waals surface area contributed by atoms with E-state index in [9.17, 15) is 24.0 Å². The van der Waals surface area contributed by atoms with E-state index in [-0.39, 0.29) is 27.3 Å². The maximum Gasteiger partial charge on any atom is 0.408 e. The molecular formula is C37H51NO13S. The van der Waals surface area contributed by atoms with Crippen molar-refractivity contribution in [3.05, 3.63) is 66.2 Å². The molecule has 1 amide bonds. The van der Waals surface area contributed by atoms with Gasteiger partial charge in [0.15, 0.2) is 6.10 Å². The highest BCUT2D eigenvalue weighted by Crippen LogP contribution is 2.47. The number of ether oxygens (including phenoxy) is 6. The molecule has 288 valence electrons. The fraction of sp³-hybridized carbons (Fsp3) is 0.514. The van der Waals surface area contributed by atoms with Gasteiger partial charge in [-0.05, 0) is 44.9 Å². The SMILES string of the molecule is CC(=O)O.CC[C@@H](OC(C)=O)[C@@H](OC(C)=O)C1OC(CC(=O)OCc2ccccc2)(Sc2ccccc2)C[C@@H](OC(C)=O)C1NC(=O)OC(C)(C)C.[HH]. The summed E-state index contributed by atoms with van der Waals surface area (Å²) in [7, 11) is 0. The summed E-state index contributed by atoms with van der Waals surface area (Å²) in [5.41, 5.74) is -0.111. The minimum absolute atomic E-state index is 0. The minimum Gasteiger partial charge on any atom is -0.481 e. The Kier molecular flexibility index (Phi) is 17.1. The molecule has 1 fully saturated rings. The van der Waals surface area contributed by atoms with Crippen molar-refractivity contribution in [1.82, 2.24) is 5.32 Å². The number of aliphatic carboxylic acids is 1. The molecule has 1 aliphatic rings. The predicted molar refractivity (Wildman–Crippen MR) is 191 cm³/mol. The number of carboxylic acids is 1. The summed E-state index contributed by atoms with van der Waals surface area (Å²) in [4.78, 5) is 72.3. The Morgan fingerprint density at radius 1 is 0.923 bits per heavy atom. The van der Waals surface area contributed by atoms with Crippen LogP contribution in [0.15, 0.2) is 65.6 Å². The van der Waals surface area contributed by atoms with Crippen molar-refractivity contribution in [3.8, 4) is 0 Å². The number of nitrogens with one attached hydrogen (secondary N) is 1. The van der Waals surface area contributed by atoms with Crippen molar-refractivity contribution in [3.63, 3.8) is 0 Å². The highest BCUT2D eigenvalue weighted by Gasteiger charge is 2.56. The molecule has 0 spiro atoms. The first-order chi connectivity index (χ1) is 24.3. The summed E-state index contributed by atoms with van der Waals surface area (Å²) in [5.74, 6) is -3.48. The van der Waals surface area contributed by atoms with Crippen LogP contribution >= 0.6 is 11.8 Å². The van der Waals surface area contributed by atoms with Crippen LogP contribution < -0.4 is 5.32 Å². The molecular weight excluding hydrogens is 698 g/mol. The Morgan fingerprint density at radius 3 is 1.98 bits per heavy atom. The Morgan fingerprint density at radius 2 is 1.48 bits per heavy atom. The summed E-state index contributed by atoms with van der Waals surface area (Å²) in [5, 5.41) is 10.2. The third kappa shape index (κ3) is 15.7. The van der Waals surface area contributed by atoms with Crippen molar-refractivity contribution in [1.29, 1.82) is 0 Å². The van der Waals surface area contributed by atoms with Crippen LogP contribution in [0.5, 0.6) is 0 Å². The Hall–Kier alpha value is -4.63. The molecule has 1 saturated heterocycles. The van der Waals surface area contributed by atoms with Crippen LogP contribution in [0.3, 0.4) is 0 Å². The van der Waals surface area contributed by atoms with E-state index < -0.39 is 76.9 Å². The molecule has 1 aliphatic heterocycles. The van der Waals surface area contributed by atoms with E-state index in [1.54, 1.807) is 27.7 Å². The molecule has 0 radical (unpaired) electrons. The lowest BCUT2D eigenvalue weighted by Gasteiger charge is -2.50. The number of carboxylic acid groups (broad SMARTS) is 1. The molecule has 6 atom stereocenters. The van der Waals surface area contributed by atoms with E-state index in [0.29, 0.717) is 4.90 Å². The zero-order valence-corrected chi connectivity index (χ0v) is 31.6. The molecule has 3 rings (SSSR count). The third-order valence-electron chi connectivity index (χ3n) is 7.03. The normalized spacial score (nSPS) is 20.7. The number of thioether (sulfide) groups is 1. The summed E-state index contributed by atoms with van der Waals surface area (Å²) in [6.45, 7) is 11.5. The molecule has 2 N–H and O–H groups in total. The van der Waals surface area contributed by atoms with Gasteiger partial charge in [-0.15, -0.1) is 0 Å². The van der Waals surface area contributed by atoms with Crippen LogP contribution in [0, 0.1) is 0 Å². The number of carbonyl (C=O) groups is 6. The average Bonchev–Trinajstić information content (AvgIpc) is 3.02. The molecule has 1 heterocycles. The van der Waals surface area contributed by atoms with Gasteiger partial charge in [-0.1, -0.05) is 67.2 Å². The number of rotatable bonds is 13. The fourth-order valence-electron chi connectivity index (χ4n) is 5.30. The van der Waals surface area contributed by atoms with Gasteiger partial charge < -0.3 is 38.8 Å². The van der Waals surface area contributed by atoms with Gasteiger partial charge in [-0.25, -0.2) is 4.79 Å². The second-order valence-corrected chi connectivity index (χ2v) is 14.3. The maximum atomic E-state index is 13.5. The summed E-state index contributed by atoms with van der Waals surface area (Å²) < 4.78 is 35.1. The standard InChI is InChI=1S/C35H45NO11S.C2H4O2.H2/c1-8-27(43-22(2)37)31(45-24(4)39)32-30(36-33(41)47-34(5,6)7)28(44-23(3)38)19-35(46-32,48-26-17-13-10-14-18-26)20-29(40)42-21-25-15-11-9-12-16-25;1-2(3)4;/h9-18,27-28,30-32H,8,19-21H2,1-7H3,(H,36,41);1H3,(H,3,4);1H/t27-,28-,30?,31-,32?,35?;;/m1../s1.